The van der Waals surface area contributed by atoms with Gasteiger partial charge in [0.1, 0.15) is 22.8 Å². The maximum Gasteiger partial charge on any atom is 0.255 e. The molecule has 0 unspecified atom stereocenters. The number of hydrogen-bond donors (Lipinski definition) is 6. The predicted molar refractivity (Wildman–Crippen MR) is 146 cm³/mol. The zero-order chi connectivity index (χ0) is 30.3. The summed E-state index contributed by atoms with van der Waals surface area (Å²) in [5.41, 5.74) is 2.50. The number of carbonyl (C=O) groups is 4. The van der Waals surface area contributed by atoms with Gasteiger partial charge < -0.3 is 31.3 Å². The van der Waals surface area contributed by atoms with Gasteiger partial charge in [0.15, 0.2) is 17.2 Å². The average Bonchev–Trinajstić information content (AvgIpc) is 2.90. The van der Waals surface area contributed by atoms with Gasteiger partial charge in [-0.3, -0.25) is 24.1 Å². The van der Waals surface area contributed by atoms with Gasteiger partial charge in [0.2, 0.25) is 5.78 Å². The molecule has 0 saturated heterocycles. The van der Waals surface area contributed by atoms with Crippen LogP contribution < -0.4 is 5.73 Å². The molecule has 0 spiro atoms. The number of phenolic OH excluding ortho intramolecular Hbond substituents is 1. The van der Waals surface area contributed by atoms with E-state index in [4.69, 9.17) is 5.73 Å². The Morgan fingerprint density at radius 3 is 2.15 bits per heavy atom. The molecule has 2 aromatic rings. The zero-order valence-corrected chi connectivity index (χ0v) is 22.7. The molecular formula is C30H30N2O9. The number of nitrogens with two attached hydrogens (primary N) is 1. The lowest BCUT2D eigenvalue weighted by molar-refractivity contribution is -0.169. The summed E-state index contributed by atoms with van der Waals surface area (Å²) in [5.74, 6) is -9.54. The van der Waals surface area contributed by atoms with Crippen LogP contribution in [0.2, 0.25) is 0 Å². The molecule has 3 aliphatic rings. The highest BCUT2D eigenvalue weighted by Crippen LogP contribution is 2.56. The summed E-state index contributed by atoms with van der Waals surface area (Å²) in [5, 5.41) is 57.3. The monoisotopic (exact) mass is 562 g/mol. The van der Waals surface area contributed by atoms with Gasteiger partial charge >= 0.3 is 0 Å². The number of Topliss-reactive ketones (excluding diaryl/α,β-unsaturated/α-hetero) is 3. The number of carbonyl (C=O) groups excluding carboxylic acids is 4. The number of nitrogens with zero attached hydrogens (tertiary/aromatic N) is 1. The Hall–Kier alpha value is -4.32. The van der Waals surface area contributed by atoms with Gasteiger partial charge in [0, 0.05) is 22.6 Å². The van der Waals surface area contributed by atoms with Gasteiger partial charge in [-0.25, -0.2) is 0 Å². The van der Waals surface area contributed by atoms with E-state index >= 15 is 0 Å². The molecule has 7 N–H and O–H groups in total. The second-order valence-electron chi connectivity index (χ2n) is 11.1. The minimum atomic E-state index is -2.97. The Kier molecular flexibility index (Phi) is 6.45. The summed E-state index contributed by atoms with van der Waals surface area (Å²) in [6, 6.07) is 8.24. The largest absolute Gasteiger partial charge is 0.508 e. The smallest absolute Gasteiger partial charge is 0.255 e. The van der Waals surface area contributed by atoms with Gasteiger partial charge in [-0.2, -0.15) is 0 Å². The normalized spacial score (nSPS) is 29.3. The number of aromatic hydroxyl groups is 1. The number of amides is 1. The molecular weight excluding hydrogens is 532 g/mol. The van der Waals surface area contributed by atoms with E-state index in [0.717, 1.165) is 0 Å². The number of aliphatic hydroxyl groups excluding tert-OH is 3. The quantitative estimate of drug-likeness (QED) is 0.234. The first-order chi connectivity index (χ1) is 19.2. The van der Waals surface area contributed by atoms with E-state index in [1.807, 2.05) is 0 Å². The third-order valence-corrected chi connectivity index (χ3v) is 8.73. The number of benzene rings is 2. The van der Waals surface area contributed by atoms with Crippen LogP contribution in [0, 0.1) is 11.8 Å². The zero-order valence-electron chi connectivity index (χ0n) is 22.7. The lowest BCUT2D eigenvalue weighted by atomic mass is 9.54. The van der Waals surface area contributed by atoms with E-state index < -0.39 is 75.6 Å². The van der Waals surface area contributed by atoms with Gasteiger partial charge in [-0.05, 0) is 38.1 Å². The van der Waals surface area contributed by atoms with Crippen LogP contribution in [0.3, 0.4) is 0 Å². The van der Waals surface area contributed by atoms with Crippen molar-refractivity contribution < 1.29 is 44.7 Å². The first kappa shape index (κ1) is 28.2. The number of primary amides is 1. The third kappa shape index (κ3) is 3.69. The molecule has 5 rings (SSSR count). The minimum Gasteiger partial charge on any atom is -0.508 e. The Morgan fingerprint density at radius 1 is 1.00 bits per heavy atom. The molecule has 1 amide bonds. The van der Waals surface area contributed by atoms with Crippen molar-refractivity contribution in [2.75, 3.05) is 14.1 Å². The highest BCUT2D eigenvalue weighted by atomic mass is 16.4. The predicted octanol–water partition coefficient (Wildman–Crippen LogP) is 1.37. The van der Waals surface area contributed by atoms with Crippen LogP contribution in [-0.2, 0) is 14.4 Å². The summed E-state index contributed by atoms with van der Waals surface area (Å²) in [4.78, 5) is 52.5. The number of ketones is 3. The Morgan fingerprint density at radius 2 is 1.61 bits per heavy atom. The van der Waals surface area contributed by atoms with Crippen molar-refractivity contribution in [2.24, 2.45) is 17.6 Å². The Bertz CT molecular complexity index is 1600. The molecule has 3 aliphatic carbocycles. The van der Waals surface area contributed by atoms with Gasteiger partial charge in [-0.1, -0.05) is 43.3 Å². The Balaban J connectivity index is 1.75. The van der Waals surface area contributed by atoms with Crippen LogP contribution in [0.15, 0.2) is 53.3 Å². The molecule has 0 bridgehead atoms. The highest BCUT2D eigenvalue weighted by Gasteiger charge is 2.68. The maximum absolute atomic E-state index is 14.1. The minimum absolute atomic E-state index is 0.103. The topological polar surface area (TPSA) is 199 Å². The van der Waals surface area contributed by atoms with Crippen molar-refractivity contribution in [3.8, 4) is 16.9 Å². The van der Waals surface area contributed by atoms with Crippen LogP contribution in [0.1, 0.15) is 41.3 Å². The van der Waals surface area contributed by atoms with Crippen molar-refractivity contribution in [2.45, 2.75) is 37.5 Å². The van der Waals surface area contributed by atoms with Crippen LogP contribution in [0.25, 0.3) is 16.9 Å². The molecule has 0 aromatic heterocycles. The van der Waals surface area contributed by atoms with Crippen molar-refractivity contribution in [1.29, 1.82) is 0 Å². The van der Waals surface area contributed by atoms with Crippen molar-refractivity contribution >= 4 is 29.0 Å². The molecule has 0 heterocycles. The molecule has 1 saturated carbocycles. The first-order valence-corrected chi connectivity index (χ1v) is 13.0. The van der Waals surface area contributed by atoms with E-state index in [1.54, 1.807) is 43.3 Å². The van der Waals surface area contributed by atoms with Crippen LogP contribution in [-0.4, -0.2) is 85.5 Å². The van der Waals surface area contributed by atoms with Crippen LogP contribution in [0.5, 0.6) is 5.75 Å². The van der Waals surface area contributed by atoms with Gasteiger partial charge in [-0.15, -0.1) is 0 Å². The molecule has 0 radical (unpaired) electrons. The maximum atomic E-state index is 14.1. The molecule has 6 atom stereocenters. The third-order valence-electron chi connectivity index (χ3n) is 8.73. The van der Waals surface area contributed by atoms with Crippen molar-refractivity contribution in [3.05, 3.63) is 70.0 Å². The lowest BCUT2D eigenvalue weighted by Gasteiger charge is -2.53. The van der Waals surface area contributed by atoms with E-state index in [0.29, 0.717) is 16.7 Å². The molecule has 0 aliphatic heterocycles. The number of phenols is 1. The van der Waals surface area contributed by atoms with Crippen molar-refractivity contribution in [3.63, 3.8) is 0 Å². The lowest BCUT2D eigenvalue weighted by Crippen LogP contribution is -2.70. The fourth-order valence-electron chi connectivity index (χ4n) is 6.73. The summed E-state index contributed by atoms with van der Waals surface area (Å²) in [6.07, 6.45) is -1.66. The fourth-order valence-corrected chi connectivity index (χ4v) is 6.73. The average molecular weight is 563 g/mol. The summed E-state index contributed by atoms with van der Waals surface area (Å²) in [7, 11) is 2.90. The van der Waals surface area contributed by atoms with Crippen molar-refractivity contribution in [1.82, 2.24) is 4.90 Å². The second kappa shape index (κ2) is 9.37. The van der Waals surface area contributed by atoms with Gasteiger partial charge in [0.25, 0.3) is 5.91 Å². The highest BCUT2D eigenvalue weighted by molar-refractivity contribution is 6.24. The second-order valence-corrected chi connectivity index (χ2v) is 11.1. The molecule has 2 aromatic carbocycles. The standard InChI is InChI=1S/C30H30N2O9/c1-11-15-9-10-16(14-7-5-13(6-8-14)12(2)33)23(34)18(15)24(35)19-17(11)25(36)21-22(32(3)4)26(37)20(29(31)40)28(39)30(21,41)27(19)38/h5-11,17,21-22,25,34-36,39,41H,1-4H3,(H2,31,40)/t11-,17-,21+,22-,25+,30-/m1/s1. The fraction of sp³-hybridized carbons (Fsp3) is 0.333. The van der Waals surface area contributed by atoms with Gasteiger partial charge in [0.05, 0.1) is 23.6 Å². The number of likely N-dealkylation sites (N-methyl/N-ethyl adjacent to an activating group) is 1. The van der Waals surface area contributed by atoms with Crippen LogP contribution >= 0.6 is 0 Å². The Labute approximate surface area is 234 Å². The number of hydrogen-bond acceptors (Lipinski definition) is 10. The van der Waals surface area contributed by atoms with E-state index in [2.05, 4.69) is 0 Å². The summed E-state index contributed by atoms with van der Waals surface area (Å²) >= 11 is 0. The SMILES string of the molecule is CC(=O)c1ccc(-c2ccc3c(c2O)C(O)=C2C(=O)[C@@]4(O)C(O)=C(C(N)=O)C(=O)[C@H](N(C)C)[C@H]4[C@@H](O)[C@@H]2[C@@H]3C)cc1. The molecule has 41 heavy (non-hydrogen) atoms. The van der Waals surface area contributed by atoms with E-state index in [1.165, 1.54) is 25.9 Å². The van der Waals surface area contributed by atoms with E-state index in [9.17, 15) is 44.7 Å². The molecule has 11 nitrogen and oxygen atoms in total. The molecule has 11 heteroatoms. The van der Waals surface area contributed by atoms with Crippen LogP contribution in [0.4, 0.5) is 0 Å². The van der Waals surface area contributed by atoms with E-state index in [-0.39, 0.29) is 22.7 Å². The first-order valence-electron chi connectivity index (χ1n) is 13.0. The number of aliphatic hydroxyl groups is 4. The molecule has 1 fully saturated rings. The summed E-state index contributed by atoms with van der Waals surface area (Å²) in [6.45, 7) is 3.08. The summed E-state index contributed by atoms with van der Waals surface area (Å²) < 4.78 is 0. The molecule has 214 valence electrons. The number of fused-ring (bicyclic) bond motifs is 3. The number of rotatable bonds is 4.